The van der Waals surface area contributed by atoms with E-state index in [0.29, 0.717) is 12.5 Å². The highest BCUT2D eigenvalue weighted by Crippen LogP contribution is 2.10. The maximum atomic E-state index is 5.50. The van der Waals surface area contributed by atoms with E-state index in [1.54, 1.807) is 13.3 Å². The molecule has 1 heterocycles. The maximum Gasteiger partial charge on any atom is 0.137 e. The van der Waals surface area contributed by atoms with Gasteiger partial charge in [-0.15, -0.1) is 0 Å². The van der Waals surface area contributed by atoms with Crippen molar-refractivity contribution < 1.29 is 9.47 Å². The van der Waals surface area contributed by atoms with Gasteiger partial charge in [0.2, 0.25) is 0 Å². The molecule has 96 valence electrons. The van der Waals surface area contributed by atoms with Crippen LogP contribution < -0.4 is 10.1 Å². The van der Waals surface area contributed by atoms with Gasteiger partial charge in [0.05, 0.1) is 19.9 Å². The summed E-state index contributed by atoms with van der Waals surface area (Å²) < 4.78 is 10.5. The fourth-order valence-corrected chi connectivity index (χ4v) is 1.28. The number of rotatable bonds is 8. The van der Waals surface area contributed by atoms with Crippen molar-refractivity contribution in [1.29, 1.82) is 0 Å². The van der Waals surface area contributed by atoms with Gasteiger partial charge in [-0.25, -0.2) is 4.98 Å². The summed E-state index contributed by atoms with van der Waals surface area (Å²) in [7, 11) is 1.63. The first-order valence-electron chi connectivity index (χ1n) is 6.04. The Bertz CT molecular complexity index is 299. The third-order valence-electron chi connectivity index (χ3n) is 2.36. The van der Waals surface area contributed by atoms with Gasteiger partial charge in [0, 0.05) is 13.2 Å². The molecule has 0 saturated carbocycles. The second kappa shape index (κ2) is 7.90. The quantitative estimate of drug-likeness (QED) is 0.707. The Morgan fingerprint density at radius 3 is 2.71 bits per heavy atom. The minimum Gasteiger partial charge on any atom is -0.495 e. The minimum atomic E-state index is 0.700. The number of pyridine rings is 1. The van der Waals surface area contributed by atoms with Crippen molar-refractivity contribution in [2.45, 2.75) is 20.3 Å². The van der Waals surface area contributed by atoms with Crippen molar-refractivity contribution in [2.24, 2.45) is 5.92 Å². The van der Waals surface area contributed by atoms with Gasteiger partial charge in [0.15, 0.2) is 0 Å². The number of aromatic nitrogens is 1. The third-order valence-corrected chi connectivity index (χ3v) is 2.36. The van der Waals surface area contributed by atoms with Gasteiger partial charge >= 0.3 is 0 Å². The van der Waals surface area contributed by atoms with Crippen LogP contribution in [0.25, 0.3) is 0 Å². The highest BCUT2D eigenvalue weighted by Gasteiger charge is 1.96. The van der Waals surface area contributed by atoms with Crippen molar-refractivity contribution in [2.75, 3.05) is 32.2 Å². The van der Waals surface area contributed by atoms with Gasteiger partial charge in [-0.05, 0) is 24.5 Å². The lowest BCUT2D eigenvalue weighted by Gasteiger charge is -2.08. The minimum absolute atomic E-state index is 0.700. The summed E-state index contributed by atoms with van der Waals surface area (Å²) in [5.74, 6) is 2.31. The zero-order valence-electron chi connectivity index (χ0n) is 10.9. The second-order valence-corrected chi connectivity index (χ2v) is 4.30. The van der Waals surface area contributed by atoms with Gasteiger partial charge in [-0.3, -0.25) is 0 Å². The number of hydrogen-bond acceptors (Lipinski definition) is 4. The lowest BCUT2D eigenvalue weighted by Crippen LogP contribution is -2.11. The molecule has 1 aromatic rings. The summed E-state index contributed by atoms with van der Waals surface area (Å²) in [4.78, 5) is 4.20. The lowest BCUT2D eigenvalue weighted by atomic mass is 10.1. The van der Waals surface area contributed by atoms with E-state index < -0.39 is 0 Å². The molecule has 1 N–H and O–H groups in total. The molecule has 1 aromatic heterocycles. The highest BCUT2D eigenvalue weighted by molar-refractivity contribution is 5.37. The molecule has 0 atom stereocenters. The lowest BCUT2D eigenvalue weighted by molar-refractivity contribution is 0.132. The Morgan fingerprint density at radius 2 is 2.12 bits per heavy atom. The third kappa shape index (κ3) is 6.12. The summed E-state index contributed by atoms with van der Waals surface area (Å²) in [5.41, 5.74) is 0. The van der Waals surface area contributed by atoms with Crippen LogP contribution in [0.5, 0.6) is 5.75 Å². The summed E-state index contributed by atoms with van der Waals surface area (Å²) in [6.45, 7) is 6.71. The molecule has 0 radical (unpaired) electrons. The van der Waals surface area contributed by atoms with Crippen LogP contribution in [0.4, 0.5) is 5.82 Å². The Morgan fingerprint density at radius 1 is 1.29 bits per heavy atom. The first-order valence-corrected chi connectivity index (χ1v) is 6.04. The Kier molecular flexibility index (Phi) is 6.40. The largest absolute Gasteiger partial charge is 0.495 e. The van der Waals surface area contributed by atoms with Crippen molar-refractivity contribution in [1.82, 2.24) is 4.98 Å². The summed E-state index contributed by atoms with van der Waals surface area (Å²) >= 11 is 0. The van der Waals surface area contributed by atoms with Gasteiger partial charge in [0.1, 0.15) is 11.6 Å². The fraction of sp³-hybridized carbons (Fsp3) is 0.615. The van der Waals surface area contributed by atoms with E-state index in [1.165, 1.54) is 0 Å². The van der Waals surface area contributed by atoms with E-state index in [9.17, 15) is 0 Å². The van der Waals surface area contributed by atoms with Gasteiger partial charge in [-0.2, -0.15) is 0 Å². The summed E-state index contributed by atoms with van der Waals surface area (Å²) in [5, 5.41) is 3.19. The number of anilines is 1. The zero-order valence-corrected chi connectivity index (χ0v) is 10.9. The van der Waals surface area contributed by atoms with Crippen LogP contribution in [0.15, 0.2) is 18.3 Å². The van der Waals surface area contributed by atoms with E-state index in [-0.39, 0.29) is 0 Å². The second-order valence-electron chi connectivity index (χ2n) is 4.30. The van der Waals surface area contributed by atoms with Gasteiger partial charge in [0.25, 0.3) is 0 Å². The predicted octanol–water partition coefficient (Wildman–Crippen LogP) is 2.56. The predicted molar refractivity (Wildman–Crippen MR) is 69.6 cm³/mol. The van der Waals surface area contributed by atoms with Crippen molar-refractivity contribution in [3.05, 3.63) is 18.3 Å². The summed E-state index contributed by atoms with van der Waals surface area (Å²) in [6, 6.07) is 3.78. The first kappa shape index (κ1) is 13.8. The molecule has 0 aliphatic carbocycles. The number of nitrogens with one attached hydrogen (secondary N) is 1. The molecule has 0 amide bonds. The molecular weight excluding hydrogens is 216 g/mol. The monoisotopic (exact) mass is 238 g/mol. The molecule has 0 saturated heterocycles. The Hall–Kier alpha value is -1.29. The van der Waals surface area contributed by atoms with Gasteiger partial charge < -0.3 is 14.8 Å². The van der Waals surface area contributed by atoms with Gasteiger partial charge in [-0.1, -0.05) is 13.8 Å². The number of methoxy groups -OCH3 is 1. The van der Waals surface area contributed by atoms with Crippen molar-refractivity contribution in [3.8, 4) is 5.75 Å². The standard InChI is InChI=1S/C13H22N2O2/c1-11(2)6-8-17-9-7-14-13-5-4-12(16-3)10-15-13/h4-5,10-11H,6-9H2,1-3H3,(H,14,15). The smallest absolute Gasteiger partial charge is 0.137 e. The molecule has 0 aliphatic rings. The van der Waals surface area contributed by atoms with E-state index >= 15 is 0 Å². The van der Waals surface area contributed by atoms with Crippen molar-refractivity contribution >= 4 is 5.82 Å². The molecule has 1 rings (SSSR count). The normalized spacial score (nSPS) is 10.6. The van der Waals surface area contributed by atoms with Crippen LogP contribution in [0.1, 0.15) is 20.3 Å². The van der Waals surface area contributed by atoms with E-state index in [2.05, 4.69) is 24.1 Å². The molecule has 4 heteroatoms. The zero-order chi connectivity index (χ0) is 12.5. The molecule has 4 nitrogen and oxygen atoms in total. The topological polar surface area (TPSA) is 43.4 Å². The van der Waals surface area contributed by atoms with Crippen LogP contribution in [0.2, 0.25) is 0 Å². The number of nitrogens with zero attached hydrogens (tertiary/aromatic N) is 1. The molecule has 0 bridgehead atoms. The molecule has 0 aromatic carbocycles. The Labute approximate surface area is 103 Å². The molecule has 0 spiro atoms. The van der Waals surface area contributed by atoms with Crippen molar-refractivity contribution in [3.63, 3.8) is 0 Å². The van der Waals surface area contributed by atoms with Crippen LogP contribution in [0, 0.1) is 5.92 Å². The first-order chi connectivity index (χ1) is 8.22. The average molecular weight is 238 g/mol. The SMILES string of the molecule is COc1ccc(NCCOCCC(C)C)nc1. The maximum absolute atomic E-state index is 5.50. The van der Waals surface area contributed by atoms with Crippen LogP contribution in [0.3, 0.4) is 0 Å². The molecule has 0 fully saturated rings. The molecule has 0 unspecified atom stereocenters. The fourth-order valence-electron chi connectivity index (χ4n) is 1.28. The van der Waals surface area contributed by atoms with Crippen LogP contribution in [-0.4, -0.2) is 31.9 Å². The number of hydrogen-bond donors (Lipinski definition) is 1. The van der Waals surface area contributed by atoms with Crippen LogP contribution in [-0.2, 0) is 4.74 Å². The summed E-state index contributed by atoms with van der Waals surface area (Å²) in [6.07, 6.45) is 2.81. The molecule has 17 heavy (non-hydrogen) atoms. The van der Waals surface area contributed by atoms with Crippen LogP contribution >= 0.6 is 0 Å². The van der Waals surface area contributed by atoms with E-state index in [4.69, 9.17) is 9.47 Å². The Balaban J connectivity index is 2.09. The van der Waals surface area contributed by atoms with E-state index in [1.807, 2.05) is 12.1 Å². The van der Waals surface area contributed by atoms with E-state index in [0.717, 1.165) is 31.1 Å². The highest BCUT2D eigenvalue weighted by atomic mass is 16.5. The average Bonchev–Trinajstić information content (AvgIpc) is 2.34. The number of ether oxygens (including phenoxy) is 2. The molecular formula is C13H22N2O2. The molecule has 0 aliphatic heterocycles.